The van der Waals surface area contributed by atoms with Crippen LogP contribution in [0.2, 0.25) is 0 Å². The highest BCUT2D eigenvalue weighted by Crippen LogP contribution is 2.09. The van der Waals surface area contributed by atoms with Crippen molar-refractivity contribution in [2.45, 2.75) is 19.5 Å². The maximum atomic E-state index is 11.4. The minimum Gasteiger partial charge on any atom is -0.351 e. The van der Waals surface area contributed by atoms with Crippen molar-refractivity contribution >= 4 is 18.3 Å². The maximum Gasteiger partial charge on any atom is 0.236 e. The second-order valence-electron chi connectivity index (χ2n) is 3.94. The molecule has 2 aromatic rings. The number of carbonyl (C=O) groups excluding carboxylic acids is 1. The molecule has 2 rings (SSSR count). The van der Waals surface area contributed by atoms with Gasteiger partial charge in [0.15, 0.2) is 5.82 Å². The van der Waals surface area contributed by atoms with Crippen LogP contribution in [-0.2, 0) is 11.3 Å². The van der Waals surface area contributed by atoms with Gasteiger partial charge in [-0.15, -0.1) is 12.4 Å². The zero-order valence-corrected chi connectivity index (χ0v) is 11.3. The van der Waals surface area contributed by atoms with Crippen molar-refractivity contribution in [3.05, 3.63) is 42.4 Å². The molecule has 6 nitrogen and oxygen atoms in total. The summed E-state index contributed by atoms with van der Waals surface area (Å²) >= 11 is 0. The largest absolute Gasteiger partial charge is 0.351 e. The van der Waals surface area contributed by atoms with E-state index in [-0.39, 0.29) is 18.3 Å². The van der Waals surface area contributed by atoms with Crippen molar-refractivity contribution in [2.24, 2.45) is 5.73 Å². The quantitative estimate of drug-likeness (QED) is 0.862. The number of aromatic nitrogens is 3. The van der Waals surface area contributed by atoms with Crippen molar-refractivity contribution in [3.8, 4) is 5.82 Å². The number of nitrogens with zero attached hydrogens (tertiary/aromatic N) is 3. The summed E-state index contributed by atoms with van der Waals surface area (Å²) in [5, 5.41) is 6.88. The van der Waals surface area contributed by atoms with Crippen molar-refractivity contribution in [2.75, 3.05) is 0 Å². The van der Waals surface area contributed by atoms with Gasteiger partial charge in [-0.25, -0.2) is 9.67 Å². The number of nitrogens with two attached hydrogens (primary N) is 1. The predicted octanol–water partition coefficient (Wildman–Crippen LogP) is 0.652. The SMILES string of the molecule is CC(N)C(=O)NCc1cccnc1-n1cccn1.Cl. The molecule has 102 valence electrons. The summed E-state index contributed by atoms with van der Waals surface area (Å²) in [5.74, 6) is 0.512. The molecule has 1 unspecified atom stereocenters. The fourth-order valence-electron chi connectivity index (χ4n) is 1.51. The number of pyridine rings is 1. The summed E-state index contributed by atoms with van der Waals surface area (Å²) in [5.41, 5.74) is 6.37. The van der Waals surface area contributed by atoms with Crippen molar-refractivity contribution in [1.29, 1.82) is 0 Å². The summed E-state index contributed by atoms with van der Waals surface area (Å²) in [6, 6.07) is 5.01. The fourth-order valence-corrected chi connectivity index (χ4v) is 1.51. The molecule has 0 bridgehead atoms. The Labute approximate surface area is 117 Å². The highest BCUT2D eigenvalue weighted by Gasteiger charge is 2.09. The van der Waals surface area contributed by atoms with Gasteiger partial charge in [0.05, 0.1) is 6.04 Å². The molecule has 0 aliphatic heterocycles. The molecule has 3 N–H and O–H groups in total. The number of nitrogens with one attached hydrogen (secondary N) is 1. The normalized spacial score (nSPS) is 11.5. The van der Waals surface area contributed by atoms with Crippen LogP contribution in [0.15, 0.2) is 36.8 Å². The average Bonchev–Trinajstić information content (AvgIpc) is 2.89. The van der Waals surface area contributed by atoms with E-state index in [9.17, 15) is 4.79 Å². The van der Waals surface area contributed by atoms with Gasteiger partial charge >= 0.3 is 0 Å². The zero-order valence-electron chi connectivity index (χ0n) is 10.5. The number of hydrogen-bond acceptors (Lipinski definition) is 4. The van der Waals surface area contributed by atoms with E-state index in [0.717, 1.165) is 5.56 Å². The van der Waals surface area contributed by atoms with Gasteiger partial charge in [0, 0.05) is 30.7 Å². The van der Waals surface area contributed by atoms with Crippen LogP contribution in [0, 0.1) is 0 Å². The van der Waals surface area contributed by atoms with Gasteiger partial charge in [-0.1, -0.05) is 6.07 Å². The van der Waals surface area contributed by atoms with E-state index in [1.807, 2.05) is 18.2 Å². The summed E-state index contributed by atoms with van der Waals surface area (Å²) in [7, 11) is 0. The molecule has 7 heteroatoms. The van der Waals surface area contributed by atoms with Gasteiger partial charge in [0.2, 0.25) is 5.91 Å². The highest BCUT2D eigenvalue weighted by molar-refractivity contribution is 5.85. The van der Waals surface area contributed by atoms with Gasteiger partial charge in [-0.3, -0.25) is 4.79 Å². The maximum absolute atomic E-state index is 11.4. The first-order chi connectivity index (χ1) is 8.68. The number of hydrogen-bond donors (Lipinski definition) is 2. The summed E-state index contributed by atoms with van der Waals surface area (Å²) in [6.07, 6.45) is 5.17. The Morgan fingerprint density at radius 2 is 2.26 bits per heavy atom. The standard InChI is InChI=1S/C12H15N5O.ClH/c1-9(13)12(18)15-8-10-4-2-5-14-11(10)17-7-3-6-16-17;/h2-7,9H,8,13H2,1H3,(H,15,18);1H. The second kappa shape index (κ2) is 6.86. The lowest BCUT2D eigenvalue weighted by atomic mass is 10.2. The highest BCUT2D eigenvalue weighted by atomic mass is 35.5. The van der Waals surface area contributed by atoms with E-state index in [4.69, 9.17) is 5.73 Å². The van der Waals surface area contributed by atoms with E-state index in [1.165, 1.54) is 0 Å². The zero-order chi connectivity index (χ0) is 13.0. The second-order valence-corrected chi connectivity index (χ2v) is 3.94. The van der Waals surface area contributed by atoms with Crippen molar-refractivity contribution < 1.29 is 4.79 Å². The molecule has 1 amide bonds. The van der Waals surface area contributed by atoms with Crippen LogP contribution in [0.3, 0.4) is 0 Å². The molecule has 0 radical (unpaired) electrons. The Kier molecular flexibility index (Phi) is 5.47. The summed E-state index contributed by atoms with van der Waals surface area (Å²) in [6.45, 7) is 2.02. The Morgan fingerprint density at radius 3 is 2.89 bits per heavy atom. The van der Waals surface area contributed by atoms with Gasteiger partial charge in [-0.2, -0.15) is 5.10 Å². The van der Waals surface area contributed by atoms with Crippen molar-refractivity contribution in [1.82, 2.24) is 20.1 Å². The number of carbonyl (C=O) groups is 1. The van der Waals surface area contributed by atoms with Crippen molar-refractivity contribution in [3.63, 3.8) is 0 Å². The monoisotopic (exact) mass is 281 g/mol. The molecule has 19 heavy (non-hydrogen) atoms. The van der Waals surface area contributed by atoms with Gasteiger partial charge in [0.1, 0.15) is 0 Å². The fraction of sp³-hybridized carbons (Fsp3) is 0.250. The lowest BCUT2D eigenvalue weighted by molar-refractivity contribution is -0.122. The van der Waals surface area contributed by atoms with E-state index < -0.39 is 6.04 Å². The molecule has 0 aliphatic carbocycles. The lowest BCUT2D eigenvalue weighted by Crippen LogP contribution is -2.38. The summed E-state index contributed by atoms with van der Waals surface area (Å²) in [4.78, 5) is 15.7. The van der Waals surface area contributed by atoms with Gasteiger partial charge in [-0.05, 0) is 19.1 Å². The third kappa shape index (κ3) is 3.77. The minimum atomic E-state index is -0.519. The van der Waals surface area contributed by atoms with E-state index in [2.05, 4.69) is 15.4 Å². The molecule has 0 spiro atoms. The van der Waals surface area contributed by atoms with E-state index in [0.29, 0.717) is 12.4 Å². The first-order valence-electron chi connectivity index (χ1n) is 5.65. The van der Waals surface area contributed by atoms with E-state index >= 15 is 0 Å². The van der Waals surface area contributed by atoms with Crippen LogP contribution in [0.5, 0.6) is 0 Å². The smallest absolute Gasteiger partial charge is 0.236 e. The topological polar surface area (TPSA) is 85.8 Å². The Hall–Kier alpha value is -1.92. The Balaban J connectivity index is 0.00000180. The number of rotatable bonds is 4. The molecular weight excluding hydrogens is 266 g/mol. The number of halogens is 1. The Morgan fingerprint density at radius 1 is 1.47 bits per heavy atom. The predicted molar refractivity (Wildman–Crippen MR) is 74.1 cm³/mol. The minimum absolute atomic E-state index is 0. The molecule has 0 saturated heterocycles. The molecule has 2 aromatic heterocycles. The molecular formula is C12H16ClN5O. The van der Waals surface area contributed by atoms with Gasteiger partial charge < -0.3 is 11.1 Å². The number of amides is 1. The molecule has 0 fully saturated rings. The molecule has 1 atom stereocenters. The van der Waals surface area contributed by atoms with Crippen LogP contribution in [0.4, 0.5) is 0 Å². The van der Waals surface area contributed by atoms with E-state index in [1.54, 1.807) is 30.2 Å². The Bertz CT molecular complexity index is 527. The molecule has 0 aliphatic rings. The third-order valence-electron chi connectivity index (χ3n) is 2.46. The first-order valence-corrected chi connectivity index (χ1v) is 5.65. The lowest BCUT2D eigenvalue weighted by Gasteiger charge is -2.10. The van der Waals surface area contributed by atoms with Crippen LogP contribution < -0.4 is 11.1 Å². The van der Waals surface area contributed by atoms with Gasteiger partial charge in [0.25, 0.3) is 0 Å². The van der Waals surface area contributed by atoms with Crippen LogP contribution in [0.1, 0.15) is 12.5 Å². The molecule has 0 aromatic carbocycles. The molecule has 2 heterocycles. The van der Waals surface area contributed by atoms with Crippen LogP contribution in [0.25, 0.3) is 5.82 Å². The van der Waals surface area contributed by atoms with Crippen LogP contribution >= 0.6 is 12.4 Å². The first kappa shape index (κ1) is 15.1. The average molecular weight is 282 g/mol. The molecule has 0 saturated carbocycles. The van der Waals surface area contributed by atoms with Crippen LogP contribution in [-0.4, -0.2) is 26.7 Å². The third-order valence-corrected chi connectivity index (χ3v) is 2.46. The summed E-state index contributed by atoms with van der Waals surface area (Å²) < 4.78 is 1.66.